The molecule has 2 N–H and O–H groups in total. The fraction of sp³-hybridized carbons (Fsp3) is 0.133. The van der Waals surface area contributed by atoms with Gasteiger partial charge in [-0.3, -0.25) is 9.80 Å². The average molecular weight is 392 g/mol. The standard InChI is InChI=1S/C15H10Cl2F3N3O2/c16-8-1-4-13(24)12(5-8)23-14(25)7-22(21-23)9-2-3-10(11(17)6-9)15(18,19)20/h1-6,21,24H,7H2. The molecule has 0 spiro atoms. The summed E-state index contributed by atoms with van der Waals surface area (Å²) in [5.41, 5.74) is 2.10. The lowest BCUT2D eigenvalue weighted by Gasteiger charge is -2.22. The first kappa shape index (κ1) is 17.7. The van der Waals surface area contributed by atoms with Crippen LogP contribution in [-0.2, 0) is 11.0 Å². The van der Waals surface area contributed by atoms with Gasteiger partial charge >= 0.3 is 6.18 Å². The lowest BCUT2D eigenvalue weighted by molar-refractivity contribution is -0.137. The van der Waals surface area contributed by atoms with Crippen LogP contribution >= 0.6 is 23.2 Å². The Labute approximate surface area is 150 Å². The summed E-state index contributed by atoms with van der Waals surface area (Å²) in [6.07, 6.45) is -4.57. The number of benzene rings is 2. The Balaban J connectivity index is 1.88. The Morgan fingerprint density at radius 2 is 1.84 bits per heavy atom. The predicted octanol–water partition coefficient (Wildman–Crippen LogP) is 3.99. The molecule has 1 heterocycles. The van der Waals surface area contributed by atoms with Gasteiger partial charge in [0.2, 0.25) is 0 Å². The fourth-order valence-electron chi connectivity index (χ4n) is 2.33. The van der Waals surface area contributed by atoms with E-state index in [1.165, 1.54) is 29.3 Å². The minimum Gasteiger partial charge on any atom is -0.506 e. The lowest BCUT2D eigenvalue weighted by Crippen LogP contribution is -2.40. The first-order valence-electron chi connectivity index (χ1n) is 6.89. The second kappa shape index (κ2) is 6.29. The molecule has 1 aliphatic rings. The topological polar surface area (TPSA) is 55.8 Å². The third-order valence-corrected chi connectivity index (χ3v) is 4.06. The largest absolute Gasteiger partial charge is 0.506 e. The molecule has 0 atom stereocenters. The summed E-state index contributed by atoms with van der Waals surface area (Å²) in [7, 11) is 0. The molecule has 2 aromatic rings. The summed E-state index contributed by atoms with van der Waals surface area (Å²) in [6.45, 7) is -0.173. The molecule has 132 valence electrons. The predicted molar refractivity (Wildman–Crippen MR) is 87.5 cm³/mol. The maximum atomic E-state index is 12.8. The van der Waals surface area contributed by atoms with E-state index in [2.05, 4.69) is 5.53 Å². The summed E-state index contributed by atoms with van der Waals surface area (Å²) < 4.78 is 38.3. The van der Waals surface area contributed by atoms with E-state index in [-0.39, 0.29) is 23.7 Å². The summed E-state index contributed by atoms with van der Waals surface area (Å²) in [4.78, 5) is 12.2. The Bertz CT molecular complexity index is 845. The average Bonchev–Trinajstić information content (AvgIpc) is 2.90. The van der Waals surface area contributed by atoms with Crippen LogP contribution in [0.5, 0.6) is 5.75 Å². The number of amides is 1. The summed E-state index contributed by atoms with van der Waals surface area (Å²) >= 11 is 11.6. The molecule has 0 aromatic heterocycles. The Kier molecular flexibility index (Phi) is 4.44. The van der Waals surface area contributed by atoms with E-state index >= 15 is 0 Å². The van der Waals surface area contributed by atoms with Gasteiger partial charge in [0, 0.05) is 5.02 Å². The molecule has 10 heteroatoms. The zero-order chi connectivity index (χ0) is 18.4. The molecule has 1 aliphatic heterocycles. The number of hydrazine groups is 2. The van der Waals surface area contributed by atoms with Gasteiger partial charge in [0.15, 0.2) is 0 Å². The van der Waals surface area contributed by atoms with Gasteiger partial charge in [-0.15, -0.1) is 5.53 Å². The van der Waals surface area contributed by atoms with Crippen molar-refractivity contribution in [2.24, 2.45) is 0 Å². The fourth-order valence-corrected chi connectivity index (χ4v) is 2.78. The number of halogens is 5. The number of aromatic hydroxyl groups is 1. The van der Waals surface area contributed by atoms with E-state index in [1.54, 1.807) is 0 Å². The second-order valence-corrected chi connectivity index (χ2v) is 6.05. The number of hydrogen-bond donors (Lipinski definition) is 2. The van der Waals surface area contributed by atoms with Crippen LogP contribution < -0.4 is 15.6 Å². The van der Waals surface area contributed by atoms with Crippen LogP contribution in [0.15, 0.2) is 36.4 Å². The van der Waals surface area contributed by atoms with E-state index in [1.807, 2.05) is 0 Å². The summed E-state index contributed by atoms with van der Waals surface area (Å²) in [5.74, 6) is -0.619. The van der Waals surface area contributed by atoms with Gasteiger partial charge in [-0.1, -0.05) is 23.2 Å². The van der Waals surface area contributed by atoms with Crippen molar-refractivity contribution in [1.82, 2.24) is 5.53 Å². The number of alkyl halides is 3. The highest BCUT2D eigenvalue weighted by atomic mass is 35.5. The lowest BCUT2D eigenvalue weighted by atomic mass is 10.2. The number of hydrogen-bond acceptors (Lipinski definition) is 4. The normalized spacial score (nSPS) is 15.2. The van der Waals surface area contributed by atoms with Crippen LogP contribution in [0, 0.1) is 0 Å². The van der Waals surface area contributed by atoms with Crippen LogP contribution in [0.4, 0.5) is 24.5 Å². The molecular formula is C15H10Cl2F3N3O2. The molecule has 1 fully saturated rings. The Morgan fingerprint density at radius 3 is 2.48 bits per heavy atom. The Hall–Kier alpha value is -2.16. The molecule has 25 heavy (non-hydrogen) atoms. The molecule has 3 rings (SSSR count). The number of phenols is 1. The highest BCUT2D eigenvalue weighted by molar-refractivity contribution is 6.32. The van der Waals surface area contributed by atoms with Crippen molar-refractivity contribution >= 4 is 40.5 Å². The number of anilines is 2. The molecular weight excluding hydrogens is 382 g/mol. The maximum absolute atomic E-state index is 12.8. The van der Waals surface area contributed by atoms with E-state index in [0.29, 0.717) is 5.02 Å². The number of carbonyl (C=O) groups excluding carboxylic acids is 1. The van der Waals surface area contributed by atoms with Gasteiger partial charge in [0.25, 0.3) is 5.91 Å². The molecule has 0 saturated carbocycles. The maximum Gasteiger partial charge on any atom is 0.417 e. The molecule has 0 radical (unpaired) electrons. The SMILES string of the molecule is O=C1CN(c2ccc(C(F)(F)F)c(Cl)c2)NN1c1cc(Cl)ccc1O. The van der Waals surface area contributed by atoms with Crippen molar-refractivity contribution in [3.8, 4) is 5.75 Å². The number of nitrogens with one attached hydrogen (secondary N) is 1. The minimum atomic E-state index is -4.57. The van der Waals surface area contributed by atoms with Gasteiger partial charge in [0.1, 0.15) is 18.0 Å². The highest BCUT2D eigenvalue weighted by Crippen LogP contribution is 2.37. The van der Waals surface area contributed by atoms with E-state index < -0.39 is 22.7 Å². The molecule has 2 aromatic carbocycles. The van der Waals surface area contributed by atoms with Crippen molar-refractivity contribution in [3.63, 3.8) is 0 Å². The van der Waals surface area contributed by atoms with Gasteiger partial charge in [-0.05, 0) is 36.4 Å². The van der Waals surface area contributed by atoms with Crippen molar-refractivity contribution in [2.45, 2.75) is 6.18 Å². The van der Waals surface area contributed by atoms with Crippen LogP contribution in [0.25, 0.3) is 0 Å². The second-order valence-electron chi connectivity index (χ2n) is 5.21. The summed E-state index contributed by atoms with van der Waals surface area (Å²) in [5, 5.41) is 12.1. The van der Waals surface area contributed by atoms with Crippen LogP contribution in [-0.4, -0.2) is 17.6 Å². The van der Waals surface area contributed by atoms with E-state index in [9.17, 15) is 23.1 Å². The smallest absolute Gasteiger partial charge is 0.417 e. The molecule has 0 bridgehead atoms. The third kappa shape index (κ3) is 3.46. The van der Waals surface area contributed by atoms with Crippen LogP contribution in [0.1, 0.15) is 5.56 Å². The Morgan fingerprint density at radius 1 is 1.12 bits per heavy atom. The third-order valence-electron chi connectivity index (χ3n) is 3.51. The van der Waals surface area contributed by atoms with Gasteiger partial charge in [-0.2, -0.15) is 13.2 Å². The van der Waals surface area contributed by atoms with Gasteiger partial charge < -0.3 is 5.11 Å². The first-order valence-corrected chi connectivity index (χ1v) is 7.64. The number of rotatable bonds is 2. The first-order chi connectivity index (χ1) is 11.7. The van der Waals surface area contributed by atoms with Gasteiger partial charge in [0.05, 0.1) is 16.3 Å². The minimum absolute atomic E-state index is 0.123. The summed E-state index contributed by atoms with van der Waals surface area (Å²) in [6, 6.07) is 7.29. The molecule has 1 amide bonds. The molecule has 0 aliphatic carbocycles. The van der Waals surface area contributed by atoms with E-state index in [0.717, 1.165) is 17.1 Å². The van der Waals surface area contributed by atoms with Crippen molar-refractivity contribution in [2.75, 3.05) is 16.6 Å². The zero-order valence-corrected chi connectivity index (χ0v) is 13.8. The van der Waals surface area contributed by atoms with Crippen molar-refractivity contribution < 1.29 is 23.1 Å². The highest BCUT2D eigenvalue weighted by Gasteiger charge is 2.35. The number of carbonyl (C=O) groups is 1. The quantitative estimate of drug-likeness (QED) is 0.812. The monoisotopic (exact) mass is 391 g/mol. The number of nitrogens with zero attached hydrogens (tertiary/aromatic N) is 2. The number of phenolic OH excluding ortho intramolecular Hbond substituents is 1. The molecule has 1 saturated heterocycles. The zero-order valence-electron chi connectivity index (χ0n) is 12.3. The molecule has 5 nitrogen and oxygen atoms in total. The van der Waals surface area contributed by atoms with Crippen LogP contribution in [0.3, 0.4) is 0 Å². The van der Waals surface area contributed by atoms with Crippen molar-refractivity contribution in [3.05, 3.63) is 52.0 Å². The van der Waals surface area contributed by atoms with E-state index in [4.69, 9.17) is 23.2 Å². The van der Waals surface area contributed by atoms with Crippen molar-refractivity contribution in [1.29, 1.82) is 0 Å². The molecule has 0 unspecified atom stereocenters. The van der Waals surface area contributed by atoms with Crippen LogP contribution in [0.2, 0.25) is 10.0 Å². The van der Waals surface area contributed by atoms with Gasteiger partial charge in [-0.25, -0.2) is 5.01 Å².